The van der Waals surface area contributed by atoms with Crippen molar-refractivity contribution in [3.05, 3.63) is 52.8 Å². The van der Waals surface area contributed by atoms with Crippen molar-refractivity contribution in [2.75, 3.05) is 5.73 Å². The van der Waals surface area contributed by atoms with E-state index in [2.05, 4.69) is 10.1 Å². The average Bonchev–Trinajstić information content (AvgIpc) is 2.87. The van der Waals surface area contributed by atoms with Crippen LogP contribution in [0.5, 0.6) is 0 Å². The van der Waals surface area contributed by atoms with Gasteiger partial charge in [0.2, 0.25) is 5.82 Å². The van der Waals surface area contributed by atoms with Crippen LogP contribution in [0.15, 0.2) is 40.9 Å². The first-order valence-electron chi connectivity index (χ1n) is 6.20. The van der Waals surface area contributed by atoms with Gasteiger partial charge in [0.25, 0.3) is 5.89 Å². The van der Waals surface area contributed by atoms with E-state index >= 15 is 0 Å². The van der Waals surface area contributed by atoms with Crippen LogP contribution in [0.1, 0.15) is 5.56 Å². The molecule has 0 aliphatic rings. The lowest BCUT2D eigenvalue weighted by molar-refractivity contribution is 0.432. The Kier molecular flexibility index (Phi) is 3.35. The molecule has 0 aliphatic heterocycles. The van der Waals surface area contributed by atoms with Crippen LogP contribution in [0.2, 0.25) is 5.02 Å². The van der Waals surface area contributed by atoms with Gasteiger partial charge in [-0.2, -0.15) is 4.98 Å². The molecule has 0 saturated heterocycles. The highest BCUT2D eigenvalue weighted by Gasteiger charge is 2.14. The third-order valence-electron chi connectivity index (χ3n) is 3.10. The van der Waals surface area contributed by atoms with Crippen molar-refractivity contribution < 1.29 is 8.91 Å². The Morgan fingerprint density at radius 1 is 1.14 bits per heavy atom. The molecular weight excluding hydrogens is 293 g/mol. The van der Waals surface area contributed by atoms with Gasteiger partial charge < -0.3 is 10.3 Å². The number of aromatic nitrogens is 2. The van der Waals surface area contributed by atoms with E-state index in [4.69, 9.17) is 21.9 Å². The molecule has 0 atom stereocenters. The Hall–Kier alpha value is -2.40. The number of nitrogen functional groups attached to an aromatic ring is 1. The van der Waals surface area contributed by atoms with E-state index in [1.807, 2.05) is 0 Å². The zero-order valence-electron chi connectivity index (χ0n) is 11.1. The molecule has 0 saturated carbocycles. The minimum absolute atomic E-state index is 0.294. The molecule has 1 heterocycles. The van der Waals surface area contributed by atoms with Gasteiger partial charge in [-0.1, -0.05) is 16.8 Å². The molecule has 0 unspecified atom stereocenters. The van der Waals surface area contributed by atoms with Crippen LogP contribution in [0.4, 0.5) is 10.1 Å². The second-order valence-corrected chi connectivity index (χ2v) is 5.05. The summed E-state index contributed by atoms with van der Waals surface area (Å²) in [7, 11) is 0. The van der Waals surface area contributed by atoms with E-state index in [0.717, 1.165) is 5.56 Å². The topological polar surface area (TPSA) is 64.9 Å². The van der Waals surface area contributed by atoms with Crippen LogP contribution in [-0.2, 0) is 0 Å². The molecule has 0 amide bonds. The minimum atomic E-state index is -0.304. The number of hydrogen-bond donors (Lipinski definition) is 1. The monoisotopic (exact) mass is 303 g/mol. The highest BCUT2D eigenvalue weighted by molar-refractivity contribution is 6.31. The number of benzene rings is 2. The Morgan fingerprint density at radius 2 is 1.90 bits per heavy atom. The van der Waals surface area contributed by atoms with Crippen molar-refractivity contribution in [2.45, 2.75) is 6.92 Å². The number of rotatable bonds is 2. The van der Waals surface area contributed by atoms with E-state index in [9.17, 15) is 4.39 Å². The van der Waals surface area contributed by atoms with Crippen molar-refractivity contribution >= 4 is 17.3 Å². The lowest BCUT2D eigenvalue weighted by atomic mass is 10.1. The first kappa shape index (κ1) is 13.6. The second-order valence-electron chi connectivity index (χ2n) is 4.61. The second kappa shape index (κ2) is 5.18. The summed E-state index contributed by atoms with van der Waals surface area (Å²) >= 11 is 5.86. The van der Waals surface area contributed by atoms with E-state index < -0.39 is 0 Å². The Bertz CT molecular complexity index is 750. The highest BCUT2D eigenvalue weighted by Crippen LogP contribution is 2.29. The highest BCUT2D eigenvalue weighted by atomic mass is 35.5. The smallest absolute Gasteiger partial charge is 0.260 e. The number of aryl methyl sites for hydroxylation is 1. The Labute approximate surface area is 125 Å². The van der Waals surface area contributed by atoms with Gasteiger partial charge in [-0.3, -0.25) is 0 Å². The molecule has 0 fully saturated rings. The molecule has 2 N–H and O–H groups in total. The summed E-state index contributed by atoms with van der Waals surface area (Å²) in [6.45, 7) is 1.78. The SMILES string of the molecule is Cc1cc(F)ccc1-c1noc(-c2ccc(Cl)cc2N)n1. The summed E-state index contributed by atoms with van der Waals surface area (Å²) in [5.41, 5.74) is 8.39. The van der Waals surface area contributed by atoms with Gasteiger partial charge in [-0.15, -0.1) is 0 Å². The molecule has 0 radical (unpaired) electrons. The molecule has 21 heavy (non-hydrogen) atoms. The minimum Gasteiger partial charge on any atom is -0.398 e. The normalized spacial score (nSPS) is 10.8. The van der Waals surface area contributed by atoms with Crippen LogP contribution >= 0.6 is 11.6 Å². The van der Waals surface area contributed by atoms with Crippen molar-refractivity contribution in [1.29, 1.82) is 0 Å². The molecular formula is C15H11ClFN3O. The summed E-state index contributed by atoms with van der Waals surface area (Å²) in [6, 6.07) is 9.41. The van der Waals surface area contributed by atoms with Crippen molar-refractivity contribution in [1.82, 2.24) is 10.1 Å². The number of anilines is 1. The number of nitrogens with two attached hydrogens (primary N) is 1. The van der Waals surface area contributed by atoms with Crippen molar-refractivity contribution in [3.63, 3.8) is 0 Å². The molecule has 3 aromatic rings. The lowest BCUT2D eigenvalue weighted by Crippen LogP contribution is -1.90. The fraction of sp³-hybridized carbons (Fsp3) is 0.0667. The van der Waals surface area contributed by atoms with Gasteiger partial charge in [0.1, 0.15) is 5.82 Å². The third kappa shape index (κ3) is 2.60. The largest absolute Gasteiger partial charge is 0.398 e. The van der Waals surface area contributed by atoms with Crippen molar-refractivity contribution in [2.24, 2.45) is 0 Å². The van der Waals surface area contributed by atoms with Crippen LogP contribution in [0, 0.1) is 12.7 Å². The van der Waals surface area contributed by atoms with Crippen molar-refractivity contribution in [3.8, 4) is 22.8 Å². The first-order valence-corrected chi connectivity index (χ1v) is 6.58. The van der Waals surface area contributed by atoms with Gasteiger partial charge in [0.05, 0.1) is 5.56 Å². The molecule has 106 valence electrons. The van der Waals surface area contributed by atoms with Gasteiger partial charge in [0, 0.05) is 16.3 Å². The number of nitrogens with zero attached hydrogens (tertiary/aromatic N) is 2. The summed E-state index contributed by atoms with van der Waals surface area (Å²) < 4.78 is 18.4. The van der Waals surface area contributed by atoms with Crippen LogP contribution in [-0.4, -0.2) is 10.1 Å². The standard InChI is InChI=1S/C15H11ClFN3O/c1-8-6-10(17)3-5-11(8)14-19-15(21-20-14)12-4-2-9(16)7-13(12)18/h2-7H,18H2,1H3. The first-order chi connectivity index (χ1) is 10.0. The van der Waals surface area contributed by atoms with Crippen LogP contribution in [0.3, 0.4) is 0 Å². The molecule has 1 aromatic heterocycles. The van der Waals surface area contributed by atoms with E-state index in [1.54, 1.807) is 31.2 Å². The lowest BCUT2D eigenvalue weighted by Gasteiger charge is -2.01. The quantitative estimate of drug-likeness (QED) is 0.724. The van der Waals surface area contributed by atoms with Gasteiger partial charge in [-0.25, -0.2) is 4.39 Å². The zero-order chi connectivity index (χ0) is 15.0. The molecule has 4 nitrogen and oxygen atoms in total. The van der Waals surface area contributed by atoms with Crippen LogP contribution in [0.25, 0.3) is 22.8 Å². The summed E-state index contributed by atoms with van der Waals surface area (Å²) in [6.07, 6.45) is 0. The molecule has 0 spiro atoms. The molecule has 2 aromatic carbocycles. The zero-order valence-corrected chi connectivity index (χ0v) is 11.9. The van der Waals surface area contributed by atoms with Crippen LogP contribution < -0.4 is 5.73 Å². The summed E-state index contributed by atoms with van der Waals surface area (Å²) in [5.74, 6) is 0.377. The maximum Gasteiger partial charge on any atom is 0.260 e. The van der Waals surface area contributed by atoms with Gasteiger partial charge >= 0.3 is 0 Å². The summed E-state index contributed by atoms with van der Waals surface area (Å²) in [4.78, 5) is 4.31. The summed E-state index contributed by atoms with van der Waals surface area (Å²) in [5, 5.41) is 4.45. The molecule has 6 heteroatoms. The molecule has 3 rings (SSSR count). The fourth-order valence-electron chi connectivity index (χ4n) is 2.05. The molecule has 0 bridgehead atoms. The number of halogens is 2. The maximum absolute atomic E-state index is 13.1. The third-order valence-corrected chi connectivity index (χ3v) is 3.33. The van der Waals surface area contributed by atoms with Gasteiger partial charge in [-0.05, 0) is 48.9 Å². The number of hydrogen-bond acceptors (Lipinski definition) is 4. The molecule has 0 aliphatic carbocycles. The Morgan fingerprint density at radius 3 is 2.62 bits per heavy atom. The van der Waals surface area contributed by atoms with E-state index in [1.165, 1.54) is 12.1 Å². The fourth-order valence-corrected chi connectivity index (χ4v) is 2.23. The maximum atomic E-state index is 13.1. The average molecular weight is 304 g/mol. The predicted molar refractivity (Wildman–Crippen MR) is 79.3 cm³/mol. The van der Waals surface area contributed by atoms with E-state index in [0.29, 0.717) is 33.6 Å². The van der Waals surface area contributed by atoms with Gasteiger partial charge in [0.15, 0.2) is 0 Å². The van der Waals surface area contributed by atoms with E-state index in [-0.39, 0.29) is 5.82 Å². The predicted octanol–water partition coefficient (Wildman–Crippen LogP) is 4.09. The Balaban J connectivity index is 2.03.